The van der Waals surface area contributed by atoms with E-state index in [1.165, 1.54) is 11.3 Å². The lowest BCUT2D eigenvalue weighted by Gasteiger charge is -2.14. The van der Waals surface area contributed by atoms with Crippen molar-refractivity contribution in [3.05, 3.63) is 21.9 Å². The number of aliphatic hydroxyl groups excluding tert-OH is 1. The first kappa shape index (κ1) is 14.6. The van der Waals surface area contributed by atoms with Crippen LogP contribution in [0.1, 0.15) is 28.1 Å². The molecule has 2 rings (SSSR count). The number of hydrogen-bond donors (Lipinski definition) is 2. The highest BCUT2D eigenvalue weighted by Gasteiger charge is 2.30. The molecular formula is C14H16N2O3S. The average molecular weight is 292 g/mol. The minimum absolute atomic E-state index is 0.0342. The van der Waals surface area contributed by atoms with Crippen molar-refractivity contribution < 1.29 is 14.7 Å². The van der Waals surface area contributed by atoms with Crippen molar-refractivity contribution in [3.63, 3.8) is 0 Å². The molecule has 1 unspecified atom stereocenters. The second kappa shape index (κ2) is 6.55. The Balaban J connectivity index is 2.00. The third-order valence-corrected chi connectivity index (χ3v) is 4.02. The van der Waals surface area contributed by atoms with Crippen LogP contribution in [0.25, 0.3) is 0 Å². The quantitative estimate of drug-likeness (QED) is 0.792. The molecule has 0 bridgehead atoms. The Morgan fingerprint density at radius 3 is 3.00 bits per heavy atom. The maximum atomic E-state index is 12.3. The normalized spacial score (nSPS) is 17.6. The van der Waals surface area contributed by atoms with Crippen molar-refractivity contribution in [2.75, 3.05) is 19.7 Å². The summed E-state index contributed by atoms with van der Waals surface area (Å²) in [5.41, 5.74) is 5.85. The van der Waals surface area contributed by atoms with E-state index in [1.54, 1.807) is 16.3 Å². The van der Waals surface area contributed by atoms with Gasteiger partial charge >= 0.3 is 0 Å². The average Bonchev–Trinajstić information content (AvgIpc) is 3.07. The summed E-state index contributed by atoms with van der Waals surface area (Å²) in [6.45, 7) is 0.996. The Hall–Kier alpha value is -1.84. The standard InChI is InChI=1S/C14H16N2O3S/c15-13(18)10-4-5-16(8-10)14(19)11-7-12(20-9-11)3-1-2-6-17/h7,9-10,17H,2,4-6,8H2,(H2,15,18). The maximum Gasteiger partial charge on any atom is 0.254 e. The van der Waals surface area contributed by atoms with Gasteiger partial charge in [0.15, 0.2) is 0 Å². The summed E-state index contributed by atoms with van der Waals surface area (Å²) in [4.78, 5) is 25.8. The molecule has 2 heterocycles. The summed E-state index contributed by atoms with van der Waals surface area (Å²) in [6, 6.07) is 1.75. The molecule has 2 amide bonds. The van der Waals surface area contributed by atoms with Gasteiger partial charge in [0, 0.05) is 24.9 Å². The molecule has 106 valence electrons. The van der Waals surface area contributed by atoms with E-state index in [0.717, 1.165) is 4.88 Å². The second-order valence-corrected chi connectivity index (χ2v) is 5.53. The molecule has 0 spiro atoms. The van der Waals surface area contributed by atoms with Crippen LogP contribution in [-0.2, 0) is 4.79 Å². The molecule has 1 aliphatic heterocycles. The van der Waals surface area contributed by atoms with Gasteiger partial charge in [0.25, 0.3) is 5.91 Å². The van der Waals surface area contributed by atoms with Gasteiger partial charge in [-0.3, -0.25) is 9.59 Å². The number of amides is 2. The Morgan fingerprint density at radius 1 is 1.55 bits per heavy atom. The molecule has 1 atom stereocenters. The Kier molecular flexibility index (Phi) is 4.77. The van der Waals surface area contributed by atoms with Crippen LogP contribution < -0.4 is 5.73 Å². The molecular weight excluding hydrogens is 276 g/mol. The fourth-order valence-electron chi connectivity index (χ4n) is 2.08. The van der Waals surface area contributed by atoms with Gasteiger partial charge in [0.2, 0.25) is 5.91 Å². The van der Waals surface area contributed by atoms with Gasteiger partial charge in [0.05, 0.1) is 23.0 Å². The number of carbonyl (C=O) groups is 2. The van der Waals surface area contributed by atoms with Gasteiger partial charge in [-0.25, -0.2) is 0 Å². The molecule has 0 saturated carbocycles. The molecule has 1 aromatic rings. The fourth-order valence-corrected chi connectivity index (χ4v) is 2.83. The highest BCUT2D eigenvalue weighted by molar-refractivity contribution is 7.10. The molecule has 5 nitrogen and oxygen atoms in total. The highest BCUT2D eigenvalue weighted by Crippen LogP contribution is 2.21. The van der Waals surface area contributed by atoms with Crippen molar-refractivity contribution in [1.82, 2.24) is 4.90 Å². The van der Waals surface area contributed by atoms with Crippen molar-refractivity contribution >= 4 is 23.2 Å². The lowest BCUT2D eigenvalue weighted by atomic mass is 10.1. The van der Waals surface area contributed by atoms with E-state index in [0.29, 0.717) is 31.5 Å². The number of rotatable bonds is 3. The molecule has 3 N–H and O–H groups in total. The van der Waals surface area contributed by atoms with Crippen LogP contribution in [0.3, 0.4) is 0 Å². The number of aliphatic hydroxyl groups is 1. The largest absolute Gasteiger partial charge is 0.395 e. The zero-order chi connectivity index (χ0) is 14.5. The van der Waals surface area contributed by atoms with Gasteiger partial charge in [-0.05, 0) is 12.5 Å². The van der Waals surface area contributed by atoms with E-state index in [9.17, 15) is 9.59 Å². The summed E-state index contributed by atoms with van der Waals surface area (Å²) in [5.74, 6) is 5.06. The predicted octanol–water partition coefficient (Wildman–Crippen LogP) is 0.429. The topological polar surface area (TPSA) is 83.6 Å². The molecule has 0 aliphatic carbocycles. The van der Waals surface area contributed by atoms with Crippen LogP contribution in [-0.4, -0.2) is 41.5 Å². The van der Waals surface area contributed by atoms with Gasteiger partial charge in [-0.2, -0.15) is 0 Å². The Morgan fingerprint density at radius 2 is 2.35 bits per heavy atom. The molecule has 1 saturated heterocycles. The summed E-state index contributed by atoms with van der Waals surface area (Å²) in [5, 5.41) is 10.4. The summed E-state index contributed by atoms with van der Waals surface area (Å²) < 4.78 is 0. The van der Waals surface area contributed by atoms with Gasteiger partial charge < -0.3 is 15.7 Å². The summed E-state index contributed by atoms with van der Waals surface area (Å²) >= 11 is 1.40. The predicted molar refractivity (Wildman–Crippen MR) is 76.1 cm³/mol. The van der Waals surface area contributed by atoms with E-state index in [4.69, 9.17) is 10.8 Å². The number of carbonyl (C=O) groups excluding carboxylic acids is 2. The van der Waals surface area contributed by atoms with E-state index < -0.39 is 0 Å². The monoisotopic (exact) mass is 292 g/mol. The van der Waals surface area contributed by atoms with E-state index in [2.05, 4.69) is 11.8 Å². The first-order chi connectivity index (χ1) is 9.61. The van der Waals surface area contributed by atoms with Gasteiger partial charge in [0.1, 0.15) is 0 Å². The zero-order valence-corrected chi connectivity index (χ0v) is 11.8. The maximum absolute atomic E-state index is 12.3. The lowest BCUT2D eigenvalue weighted by molar-refractivity contribution is -0.121. The molecule has 1 fully saturated rings. The summed E-state index contributed by atoms with van der Waals surface area (Å²) in [6.07, 6.45) is 1.06. The third kappa shape index (κ3) is 3.38. The number of nitrogens with two attached hydrogens (primary N) is 1. The van der Waals surface area contributed by atoms with Crippen molar-refractivity contribution in [2.24, 2.45) is 11.7 Å². The van der Waals surface area contributed by atoms with Gasteiger partial charge in [-0.15, -0.1) is 11.3 Å². The van der Waals surface area contributed by atoms with Crippen LogP contribution in [0.15, 0.2) is 11.4 Å². The highest BCUT2D eigenvalue weighted by atomic mass is 32.1. The summed E-state index contributed by atoms with van der Waals surface area (Å²) in [7, 11) is 0. The van der Waals surface area contributed by atoms with Crippen LogP contribution in [0, 0.1) is 17.8 Å². The molecule has 0 aromatic carbocycles. The van der Waals surface area contributed by atoms with Gasteiger partial charge in [-0.1, -0.05) is 11.8 Å². The Labute approximate surface area is 121 Å². The Bertz CT molecular complexity index is 570. The molecule has 1 aromatic heterocycles. The minimum Gasteiger partial charge on any atom is -0.395 e. The minimum atomic E-state index is -0.346. The van der Waals surface area contributed by atoms with Crippen molar-refractivity contribution in [1.29, 1.82) is 0 Å². The SMILES string of the molecule is NC(=O)C1CCN(C(=O)c2csc(C#CCCO)c2)C1. The fraction of sp³-hybridized carbons (Fsp3) is 0.429. The smallest absolute Gasteiger partial charge is 0.254 e. The first-order valence-electron chi connectivity index (χ1n) is 6.38. The van der Waals surface area contributed by atoms with Crippen LogP contribution >= 0.6 is 11.3 Å². The number of primary amides is 1. The number of thiophene rings is 1. The van der Waals surface area contributed by atoms with E-state index in [1.807, 2.05) is 0 Å². The third-order valence-electron chi connectivity index (χ3n) is 3.17. The number of hydrogen-bond acceptors (Lipinski definition) is 4. The molecule has 1 aliphatic rings. The van der Waals surface area contributed by atoms with Crippen LogP contribution in [0.2, 0.25) is 0 Å². The zero-order valence-electron chi connectivity index (χ0n) is 11.0. The molecule has 20 heavy (non-hydrogen) atoms. The lowest BCUT2D eigenvalue weighted by Crippen LogP contribution is -2.31. The van der Waals surface area contributed by atoms with Crippen molar-refractivity contribution in [2.45, 2.75) is 12.8 Å². The first-order valence-corrected chi connectivity index (χ1v) is 7.26. The number of likely N-dealkylation sites (tertiary alicyclic amines) is 1. The van der Waals surface area contributed by atoms with Crippen LogP contribution in [0.4, 0.5) is 0 Å². The van der Waals surface area contributed by atoms with Crippen LogP contribution in [0.5, 0.6) is 0 Å². The van der Waals surface area contributed by atoms with Crippen molar-refractivity contribution in [3.8, 4) is 11.8 Å². The van der Waals surface area contributed by atoms with E-state index >= 15 is 0 Å². The molecule has 0 radical (unpaired) electrons. The number of nitrogens with zero attached hydrogens (tertiary/aromatic N) is 1. The second-order valence-electron chi connectivity index (χ2n) is 4.61. The van der Waals surface area contributed by atoms with E-state index in [-0.39, 0.29) is 24.3 Å². The molecule has 6 heteroatoms.